The molecule has 0 unspecified atom stereocenters. The maximum Gasteiger partial charge on any atom is 1.00 e. The Morgan fingerprint density at radius 1 is 1.25 bits per heavy atom. The summed E-state index contributed by atoms with van der Waals surface area (Å²) in [6, 6.07) is 0. The second-order valence-corrected chi connectivity index (χ2v) is 3.64. The number of aliphatic carboxylic acids is 1. The Bertz CT molecular complexity index is 117. The molecule has 0 aliphatic rings. The van der Waals surface area contributed by atoms with E-state index >= 15 is 0 Å². The molecule has 0 radical (unpaired) electrons. The summed E-state index contributed by atoms with van der Waals surface area (Å²) in [6.07, 6.45) is 0. The molecule has 0 bridgehead atoms. The van der Waals surface area contributed by atoms with Gasteiger partial charge in [0.1, 0.15) is 0 Å². The van der Waals surface area contributed by atoms with Gasteiger partial charge in [0.2, 0.25) is 3.79 Å². The van der Waals surface area contributed by atoms with Gasteiger partial charge in [-0.1, -0.05) is 34.8 Å². The van der Waals surface area contributed by atoms with Crippen LogP contribution in [-0.4, -0.2) is 22.9 Å². The van der Waals surface area contributed by atoms with E-state index in [0.717, 1.165) is 0 Å². The fourth-order valence-electron chi connectivity index (χ4n) is 0. The van der Waals surface area contributed by atoms with Crippen molar-refractivity contribution in [2.24, 2.45) is 11.5 Å². The van der Waals surface area contributed by atoms with Crippen LogP contribution < -0.4 is 46.1 Å². The predicted octanol–water partition coefficient (Wildman–Crippen LogP) is -3.99. The molecule has 0 fully saturated rings. The van der Waals surface area contributed by atoms with Gasteiger partial charge in [-0.2, -0.15) is 0 Å². The van der Waals surface area contributed by atoms with Crippen molar-refractivity contribution in [3.05, 3.63) is 0 Å². The molecular formula is C4H8Cl3N2NaO2. The number of carboxylic acid groups (broad SMARTS) is 1. The monoisotopic (exact) mass is 244 g/mol. The number of halogens is 3. The molecule has 4 N–H and O–H groups in total. The van der Waals surface area contributed by atoms with Crippen LogP contribution in [0.1, 0.15) is 0 Å². The number of rotatable bonds is 1. The van der Waals surface area contributed by atoms with Gasteiger partial charge in [0, 0.05) is 13.1 Å². The summed E-state index contributed by atoms with van der Waals surface area (Å²) in [5.41, 5.74) is 9.81. The third-order valence-corrected chi connectivity index (χ3v) is 0.861. The van der Waals surface area contributed by atoms with Crippen molar-refractivity contribution in [1.29, 1.82) is 0 Å². The molecule has 0 aliphatic carbocycles. The molecule has 0 aromatic carbocycles. The van der Waals surface area contributed by atoms with E-state index in [0.29, 0.717) is 13.1 Å². The SMILES string of the molecule is NCCN.O=C([O-])C(Cl)(Cl)Cl.[Na+]. The smallest absolute Gasteiger partial charge is 0.545 e. The van der Waals surface area contributed by atoms with E-state index in [2.05, 4.69) is 0 Å². The average Bonchev–Trinajstić information content (AvgIpc) is 1.87. The Morgan fingerprint density at radius 2 is 1.42 bits per heavy atom. The zero-order valence-corrected chi connectivity index (χ0v) is 10.8. The fourth-order valence-corrected chi connectivity index (χ4v) is 0. The van der Waals surface area contributed by atoms with E-state index in [9.17, 15) is 9.90 Å². The van der Waals surface area contributed by atoms with Crippen LogP contribution in [0.4, 0.5) is 0 Å². The van der Waals surface area contributed by atoms with Crippen molar-refractivity contribution in [1.82, 2.24) is 0 Å². The Kier molecular flexibility index (Phi) is 16.3. The van der Waals surface area contributed by atoms with Crippen LogP contribution in [0, 0.1) is 0 Å². The van der Waals surface area contributed by atoms with Gasteiger partial charge in [-0.3, -0.25) is 0 Å². The van der Waals surface area contributed by atoms with E-state index < -0.39 is 9.76 Å². The van der Waals surface area contributed by atoms with E-state index in [1.54, 1.807) is 0 Å². The van der Waals surface area contributed by atoms with Crippen LogP contribution in [0.3, 0.4) is 0 Å². The molecular weight excluding hydrogens is 237 g/mol. The Labute approximate surface area is 108 Å². The molecule has 0 heterocycles. The van der Waals surface area contributed by atoms with E-state index in [1.807, 2.05) is 0 Å². The van der Waals surface area contributed by atoms with Crippen molar-refractivity contribution in [2.45, 2.75) is 3.79 Å². The minimum atomic E-state index is -2.28. The Morgan fingerprint density at radius 3 is 1.42 bits per heavy atom. The summed E-state index contributed by atoms with van der Waals surface area (Å²) in [4.78, 5) is 9.51. The topological polar surface area (TPSA) is 92.2 Å². The first-order valence-corrected chi connectivity index (χ1v) is 3.68. The van der Waals surface area contributed by atoms with Crippen LogP contribution in [0.5, 0.6) is 0 Å². The second kappa shape index (κ2) is 10.3. The van der Waals surface area contributed by atoms with Crippen LogP contribution in [0.25, 0.3) is 0 Å². The van der Waals surface area contributed by atoms with Crippen LogP contribution >= 0.6 is 34.8 Å². The quantitative estimate of drug-likeness (QED) is 0.364. The molecule has 68 valence electrons. The first-order valence-electron chi connectivity index (χ1n) is 2.54. The summed E-state index contributed by atoms with van der Waals surface area (Å²) in [5, 5.41) is 9.51. The molecule has 0 saturated carbocycles. The average molecular weight is 245 g/mol. The van der Waals surface area contributed by atoms with Crippen molar-refractivity contribution < 1.29 is 39.5 Å². The molecule has 0 spiro atoms. The number of nitrogens with two attached hydrogens (primary N) is 2. The summed E-state index contributed by atoms with van der Waals surface area (Å²) in [7, 11) is 0. The Balaban J connectivity index is -0.000000142. The van der Waals surface area contributed by atoms with Crippen molar-refractivity contribution in [3.8, 4) is 0 Å². The number of hydrogen-bond acceptors (Lipinski definition) is 4. The summed E-state index contributed by atoms with van der Waals surface area (Å²) < 4.78 is -2.28. The van der Waals surface area contributed by atoms with Crippen molar-refractivity contribution >= 4 is 40.8 Å². The molecule has 0 aliphatic heterocycles. The Hall–Kier alpha value is 1.26. The molecule has 4 nitrogen and oxygen atoms in total. The molecule has 0 saturated heterocycles. The van der Waals surface area contributed by atoms with Crippen LogP contribution in [0.15, 0.2) is 0 Å². The number of hydrogen-bond donors (Lipinski definition) is 2. The molecule has 0 aromatic rings. The number of carbonyl (C=O) groups is 1. The van der Waals surface area contributed by atoms with Gasteiger partial charge >= 0.3 is 29.6 Å². The largest absolute Gasteiger partial charge is 1.00 e. The molecule has 12 heavy (non-hydrogen) atoms. The van der Waals surface area contributed by atoms with Gasteiger partial charge < -0.3 is 21.4 Å². The zero-order valence-electron chi connectivity index (χ0n) is 6.52. The predicted molar refractivity (Wildman–Crippen MR) is 43.4 cm³/mol. The first-order chi connectivity index (χ1) is 4.86. The summed E-state index contributed by atoms with van der Waals surface area (Å²) in [6.45, 7) is 1.19. The molecule has 0 rings (SSSR count). The maximum absolute atomic E-state index is 9.51. The van der Waals surface area contributed by atoms with Crippen molar-refractivity contribution in [2.75, 3.05) is 13.1 Å². The molecule has 0 atom stereocenters. The van der Waals surface area contributed by atoms with E-state index in [1.165, 1.54) is 0 Å². The van der Waals surface area contributed by atoms with Gasteiger partial charge in [0.25, 0.3) is 0 Å². The third kappa shape index (κ3) is 17.4. The summed E-state index contributed by atoms with van der Waals surface area (Å²) >= 11 is 14.2. The first kappa shape index (κ1) is 18.9. The van der Waals surface area contributed by atoms with E-state index in [-0.39, 0.29) is 29.6 Å². The summed E-state index contributed by atoms with van der Waals surface area (Å²) in [5.74, 6) is -1.71. The minimum Gasteiger partial charge on any atom is -0.545 e. The normalized spacial score (nSPS) is 9.08. The fraction of sp³-hybridized carbons (Fsp3) is 0.750. The number of carbonyl (C=O) groups excluding carboxylic acids is 1. The molecule has 0 amide bonds. The number of carboxylic acids is 1. The standard InChI is InChI=1S/C2HCl3O2.C2H8N2.Na/c3-2(4,5)1(6)7;3-1-2-4;/h(H,6,7);1-4H2;/q;;+1/p-1. The zero-order chi connectivity index (χ0) is 9.49. The maximum atomic E-state index is 9.51. The van der Waals surface area contributed by atoms with Gasteiger partial charge in [0.15, 0.2) is 0 Å². The molecule has 8 heteroatoms. The van der Waals surface area contributed by atoms with Crippen LogP contribution in [0.2, 0.25) is 0 Å². The van der Waals surface area contributed by atoms with Gasteiger partial charge in [-0.25, -0.2) is 0 Å². The van der Waals surface area contributed by atoms with Gasteiger partial charge in [0.05, 0.1) is 5.97 Å². The molecule has 0 aromatic heterocycles. The van der Waals surface area contributed by atoms with Crippen molar-refractivity contribution in [3.63, 3.8) is 0 Å². The third-order valence-electron chi connectivity index (χ3n) is 0.398. The van der Waals surface area contributed by atoms with Gasteiger partial charge in [-0.15, -0.1) is 0 Å². The van der Waals surface area contributed by atoms with Gasteiger partial charge in [-0.05, 0) is 0 Å². The van der Waals surface area contributed by atoms with E-state index in [4.69, 9.17) is 46.3 Å². The second-order valence-electron chi connectivity index (χ2n) is 1.36. The minimum absolute atomic E-state index is 0. The number of alkyl halides is 3. The van der Waals surface area contributed by atoms with Crippen LogP contribution in [-0.2, 0) is 4.79 Å².